The molecular formula is C25H32N8O. The van der Waals surface area contributed by atoms with E-state index in [0.717, 1.165) is 45.0 Å². The maximum Gasteiger partial charge on any atom is 0.236 e. The van der Waals surface area contributed by atoms with Crippen LogP contribution in [0.5, 0.6) is 0 Å². The van der Waals surface area contributed by atoms with Gasteiger partial charge in [0.15, 0.2) is 5.65 Å². The number of nitrogens with zero attached hydrogens (tertiary/aromatic N) is 7. The molecule has 0 aliphatic heterocycles. The Kier molecular flexibility index (Phi) is 6.47. The molecule has 4 rings (SSSR count). The van der Waals surface area contributed by atoms with Crippen molar-refractivity contribution in [2.24, 2.45) is 0 Å². The number of aromatic amines is 1. The summed E-state index contributed by atoms with van der Waals surface area (Å²) in [6.07, 6.45) is 5.37. The molecule has 34 heavy (non-hydrogen) atoms. The highest BCUT2D eigenvalue weighted by Crippen LogP contribution is 2.35. The van der Waals surface area contributed by atoms with Crippen molar-refractivity contribution in [3.8, 4) is 22.6 Å². The van der Waals surface area contributed by atoms with Gasteiger partial charge in [-0.2, -0.15) is 10.2 Å². The highest BCUT2D eigenvalue weighted by Gasteiger charge is 2.22. The van der Waals surface area contributed by atoms with Crippen LogP contribution in [0.1, 0.15) is 49.4 Å². The summed E-state index contributed by atoms with van der Waals surface area (Å²) in [4.78, 5) is 25.1. The van der Waals surface area contributed by atoms with Gasteiger partial charge < -0.3 is 9.80 Å². The number of aromatic nitrogens is 6. The van der Waals surface area contributed by atoms with Crippen molar-refractivity contribution in [3.63, 3.8) is 0 Å². The van der Waals surface area contributed by atoms with Crippen molar-refractivity contribution in [2.75, 3.05) is 27.7 Å². The van der Waals surface area contributed by atoms with Gasteiger partial charge in [0, 0.05) is 30.6 Å². The highest BCUT2D eigenvalue weighted by molar-refractivity contribution is 5.78. The number of hydrogen-bond donors (Lipinski definition) is 1. The largest absolute Gasteiger partial charge is 0.338 e. The number of carbonyl (C=O) groups is 1. The molecule has 0 fully saturated rings. The van der Waals surface area contributed by atoms with Crippen molar-refractivity contribution >= 4 is 11.6 Å². The van der Waals surface area contributed by atoms with Crippen molar-refractivity contribution in [1.29, 1.82) is 0 Å². The molecular weight excluding hydrogens is 428 g/mol. The van der Waals surface area contributed by atoms with E-state index in [2.05, 4.69) is 40.2 Å². The molecule has 1 unspecified atom stereocenters. The first kappa shape index (κ1) is 23.6. The van der Waals surface area contributed by atoms with Gasteiger partial charge in [0.05, 0.1) is 24.0 Å². The zero-order chi connectivity index (χ0) is 24.6. The molecule has 0 aliphatic rings. The van der Waals surface area contributed by atoms with E-state index in [1.165, 1.54) is 0 Å². The zero-order valence-electron chi connectivity index (χ0n) is 20.9. The van der Waals surface area contributed by atoms with Gasteiger partial charge in [-0.15, -0.1) is 0 Å². The lowest BCUT2D eigenvalue weighted by atomic mass is 9.95. The maximum absolute atomic E-state index is 12.4. The number of pyridine rings is 2. The van der Waals surface area contributed by atoms with E-state index in [0.29, 0.717) is 6.54 Å². The van der Waals surface area contributed by atoms with E-state index in [1.54, 1.807) is 15.7 Å². The Bertz CT molecular complexity index is 1300. The third-order valence-corrected chi connectivity index (χ3v) is 6.17. The normalized spacial score (nSPS) is 12.6. The number of amides is 1. The highest BCUT2D eigenvalue weighted by atomic mass is 16.2. The Morgan fingerprint density at radius 1 is 1.15 bits per heavy atom. The summed E-state index contributed by atoms with van der Waals surface area (Å²) in [5, 5.41) is 12.2. The summed E-state index contributed by atoms with van der Waals surface area (Å²) >= 11 is 0. The first-order valence-electron chi connectivity index (χ1n) is 11.4. The van der Waals surface area contributed by atoms with E-state index >= 15 is 0 Å². The minimum atomic E-state index is -0.0781. The standard InChI is InChI=1S/C25H32N8O/c1-15(2)22-23(19-10-16(3)25-27-14-28-33(25)12-19)29-30-24(22)20-9-8-18(11-26-20)17(4)32(7)21(34)13-31(5)6/h8-12,14-15,17H,13H2,1-7H3,(H,29,30). The van der Waals surface area contributed by atoms with E-state index in [9.17, 15) is 4.79 Å². The fourth-order valence-corrected chi connectivity index (χ4v) is 4.17. The summed E-state index contributed by atoms with van der Waals surface area (Å²) < 4.78 is 1.79. The number of carbonyl (C=O) groups excluding carboxylic acids is 1. The maximum atomic E-state index is 12.4. The zero-order valence-corrected chi connectivity index (χ0v) is 20.9. The van der Waals surface area contributed by atoms with Crippen LogP contribution in [0.3, 0.4) is 0 Å². The van der Waals surface area contributed by atoms with Crippen molar-refractivity contribution in [1.82, 2.24) is 39.6 Å². The number of aryl methyl sites for hydroxylation is 1. The second-order valence-electron chi connectivity index (χ2n) is 9.35. The summed E-state index contributed by atoms with van der Waals surface area (Å²) in [5.41, 5.74) is 7.56. The molecule has 1 atom stereocenters. The molecule has 0 aliphatic carbocycles. The third kappa shape index (κ3) is 4.43. The summed E-state index contributed by atoms with van der Waals surface area (Å²) in [6, 6.07) is 6.03. The third-order valence-electron chi connectivity index (χ3n) is 6.17. The van der Waals surface area contributed by atoms with Gasteiger partial charge in [-0.25, -0.2) is 9.50 Å². The SMILES string of the molecule is Cc1cc(-c2[nH]nc(-c3ccc(C(C)N(C)C(=O)CN(C)C)cn3)c2C(C)C)cn2ncnc12. The average molecular weight is 461 g/mol. The molecule has 0 bridgehead atoms. The van der Waals surface area contributed by atoms with Crippen molar-refractivity contribution in [3.05, 3.63) is 53.6 Å². The fourth-order valence-electron chi connectivity index (χ4n) is 4.17. The molecule has 0 spiro atoms. The molecule has 1 N–H and O–H groups in total. The lowest BCUT2D eigenvalue weighted by molar-refractivity contribution is -0.132. The van der Waals surface area contributed by atoms with E-state index in [-0.39, 0.29) is 17.9 Å². The Morgan fingerprint density at radius 3 is 2.56 bits per heavy atom. The average Bonchev–Trinajstić information content (AvgIpc) is 3.45. The number of likely N-dealkylation sites (N-methyl/N-ethyl adjacent to an activating group) is 2. The molecule has 1 amide bonds. The van der Waals surface area contributed by atoms with Gasteiger partial charge >= 0.3 is 0 Å². The van der Waals surface area contributed by atoms with Gasteiger partial charge in [0.1, 0.15) is 12.0 Å². The van der Waals surface area contributed by atoms with Crippen LogP contribution in [0, 0.1) is 6.92 Å². The van der Waals surface area contributed by atoms with E-state index in [1.807, 2.05) is 64.4 Å². The van der Waals surface area contributed by atoms with Crippen LogP contribution in [0.15, 0.2) is 36.9 Å². The van der Waals surface area contributed by atoms with E-state index < -0.39 is 0 Å². The monoisotopic (exact) mass is 460 g/mol. The van der Waals surface area contributed by atoms with Crippen LogP contribution in [-0.4, -0.2) is 73.2 Å². The Morgan fingerprint density at radius 2 is 1.91 bits per heavy atom. The minimum Gasteiger partial charge on any atom is -0.338 e. The van der Waals surface area contributed by atoms with Crippen LogP contribution in [0.25, 0.3) is 28.3 Å². The van der Waals surface area contributed by atoms with E-state index in [4.69, 9.17) is 4.98 Å². The Balaban J connectivity index is 1.66. The number of H-pyrrole nitrogens is 1. The van der Waals surface area contributed by atoms with Gasteiger partial charge in [-0.1, -0.05) is 19.9 Å². The molecule has 0 saturated carbocycles. The molecule has 0 saturated heterocycles. The summed E-state index contributed by atoms with van der Waals surface area (Å²) in [6.45, 7) is 8.72. The fraction of sp³-hybridized carbons (Fsp3) is 0.400. The molecule has 4 aromatic heterocycles. The second-order valence-corrected chi connectivity index (χ2v) is 9.35. The van der Waals surface area contributed by atoms with Crippen molar-refractivity contribution in [2.45, 2.75) is 39.7 Å². The smallest absolute Gasteiger partial charge is 0.236 e. The number of rotatable bonds is 7. The molecule has 4 heterocycles. The summed E-state index contributed by atoms with van der Waals surface area (Å²) in [7, 11) is 5.61. The molecule has 9 heteroatoms. The Hall–Kier alpha value is -3.59. The predicted octanol–water partition coefficient (Wildman–Crippen LogP) is 3.69. The van der Waals surface area contributed by atoms with Gasteiger partial charge in [-0.3, -0.25) is 14.9 Å². The van der Waals surface area contributed by atoms with Gasteiger partial charge in [-0.05, 0) is 57.1 Å². The van der Waals surface area contributed by atoms with Gasteiger partial charge in [0.2, 0.25) is 5.91 Å². The Labute approximate surface area is 199 Å². The lowest BCUT2D eigenvalue weighted by Gasteiger charge is -2.26. The molecule has 178 valence electrons. The first-order chi connectivity index (χ1) is 16.2. The molecule has 0 aromatic carbocycles. The van der Waals surface area contributed by atoms with Crippen LogP contribution in [0.2, 0.25) is 0 Å². The summed E-state index contributed by atoms with van der Waals surface area (Å²) in [5.74, 6) is 0.297. The quantitative estimate of drug-likeness (QED) is 0.452. The lowest BCUT2D eigenvalue weighted by Crippen LogP contribution is -2.36. The number of nitrogens with one attached hydrogen (secondary N) is 1. The van der Waals surface area contributed by atoms with Crippen molar-refractivity contribution < 1.29 is 4.79 Å². The minimum absolute atomic E-state index is 0.0697. The molecule has 9 nitrogen and oxygen atoms in total. The topological polar surface area (TPSA) is 95.3 Å². The second kappa shape index (κ2) is 9.34. The molecule has 4 aromatic rings. The van der Waals surface area contributed by atoms with Crippen LogP contribution in [0.4, 0.5) is 0 Å². The van der Waals surface area contributed by atoms with Gasteiger partial charge in [0.25, 0.3) is 0 Å². The number of hydrogen-bond acceptors (Lipinski definition) is 6. The van der Waals surface area contributed by atoms with Crippen LogP contribution >= 0.6 is 0 Å². The van der Waals surface area contributed by atoms with Crippen LogP contribution < -0.4 is 0 Å². The molecule has 0 radical (unpaired) electrons. The predicted molar refractivity (Wildman–Crippen MR) is 132 cm³/mol. The van der Waals surface area contributed by atoms with Crippen LogP contribution in [-0.2, 0) is 4.79 Å². The number of fused-ring (bicyclic) bond motifs is 1. The first-order valence-corrected chi connectivity index (χ1v) is 11.4.